The van der Waals surface area contributed by atoms with Crippen molar-refractivity contribution in [1.82, 2.24) is 5.01 Å². The summed E-state index contributed by atoms with van der Waals surface area (Å²) in [6.45, 7) is 3.80. The standard InChI is InChI=1S/C20H22N2O4/c1-11(2)26-15-8-7-14(16(23)9-15)10-21-22-19(24)17-12-3-4-13(6-5-12)18(17)20(22)25/h3-4,7-13,17-18,23H,5-6H2,1-2H3/b21-10-/t12-,13-,17-,18+/m0/s1. The largest absolute Gasteiger partial charge is 0.507 e. The number of fused-ring (bicyclic) bond motifs is 1. The number of benzene rings is 1. The third kappa shape index (κ3) is 2.69. The van der Waals surface area contributed by atoms with E-state index in [1.165, 1.54) is 12.3 Å². The summed E-state index contributed by atoms with van der Waals surface area (Å²) in [5, 5.41) is 15.2. The van der Waals surface area contributed by atoms with Crippen LogP contribution >= 0.6 is 0 Å². The van der Waals surface area contributed by atoms with Crippen LogP contribution in [0, 0.1) is 23.7 Å². The highest BCUT2D eigenvalue weighted by molar-refractivity contribution is 6.06. The number of aromatic hydroxyl groups is 1. The molecule has 4 atom stereocenters. The number of carbonyl (C=O) groups excluding carboxylic acids is 2. The lowest BCUT2D eigenvalue weighted by Crippen LogP contribution is -2.38. The molecule has 1 heterocycles. The predicted molar refractivity (Wildman–Crippen MR) is 95.7 cm³/mol. The lowest BCUT2D eigenvalue weighted by atomic mass is 9.63. The number of hydrogen-bond acceptors (Lipinski definition) is 5. The topological polar surface area (TPSA) is 79.2 Å². The van der Waals surface area contributed by atoms with Crippen molar-refractivity contribution in [2.24, 2.45) is 28.8 Å². The van der Waals surface area contributed by atoms with Crippen LogP contribution in [-0.2, 0) is 9.59 Å². The number of ether oxygens (including phenoxy) is 1. The van der Waals surface area contributed by atoms with E-state index >= 15 is 0 Å². The lowest BCUT2D eigenvalue weighted by molar-refractivity contribution is -0.140. The van der Waals surface area contributed by atoms with Crippen LogP contribution < -0.4 is 4.74 Å². The van der Waals surface area contributed by atoms with Gasteiger partial charge in [0.15, 0.2) is 0 Å². The van der Waals surface area contributed by atoms with Crippen LogP contribution in [0.4, 0.5) is 0 Å². The van der Waals surface area contributed by atoms with E-state index < -0.39 is 0 Å². The Morgan fingerprint density at radius 2 is 1.77 bits per heavy atom. The Hall–Kier alpha value is -2.63. The molecule has 6 heteroatoms. The van der Waals surface area contributed by atoms with Gasteiger partial charge in [-0.2, -0.15) is 10.1 Å². The van der Waals surface area contributed by atoms with E-state index in [9.17, 15) is 14.7 Å². The van der Waals surface area contributed by atoms with Crippen LogP contribution in [0.2, 0.25) is 0 Å². The molecule has 4 aliphatic rings. The van der Waals surface area contributed by atoms with Crippen molar-refractivity contribution in [3.05, 3.63) is 35.9 Å². The van der Waals surface area contributed by atoms with Crippen molar-refractivity contribution in [3.8, 4) is 11.5 Å². The van der Waals surface area contributed by atoms with Gasteiger partial charge in [0.05, 0.1) is 24.2 Å². The molecule has 1 aromatic rings. The molecular weight excluding hydrogens is 332 g/mol. The summed E-state index contributed by atoms with van der Waals surface area (Å²) < 4.78 is 5.53. The summed E-state index contributed by atoms with van der Waals surface area (Å²) >= 11 is 0. The SMILES string of the molecule is CC(C)Oc1ccc(/C=N\N2C(=O)[C@@H]3[C@H](C2=O)[C@H]2C=C[C@H]3CC2)c(O)c1. The zero-order valence-corrected chi connectivity index (χ0v) is 14.8. The molecule has 6 nitrogen and oxygen atoms in total. The smallest absolute Gasteiger partial charge is 0.254 e. The van der Waals surface area contributed by atoms with Gasteiger partial charge in [0.25, 0.3) is 11.8 Å². The Morgan fingerprint density at radius 3 is 2.27 bits per heavy atom. The van der Waals surface area contributed by atoms with Crippen LogP contribution in [0.5, 0.6) is 11.5 Å². The zero-order valence-electron chi connectivity index (χ0n) is 14.8. The number of phenolic OH excluding ortho intramolecular Hbond substituents is 1. The Morgan fingerprint density at radius 1 is 1.15 bits per heavy atom. The normalized spacial score (nSPS) is 29.9. The molecule has 0 radical (unpaired) electrons. The number of nitrogens with zero attached hydrogens (tertiary/aromatic N) is 2. The zero-order chi connectivity index (χ0) is 18.4. The van der Waals surface area contributed by atoms with E-state index in [2.05, 4.69) is 17.3 Å². The van der Waals surface area contributed by atoms with Crippen LogP contribution in [0.15, 0.2) is 35.5 Å². The highest BCUT2D eigenvalue weighted by atomic mass is 16.5. The molecule has 1 aliphatic heterocycles. The van der Waals surface area contributed by atoms with E-state index in [1.54, 1.807) is 12.1 Å². The number of hydrogen-bond donors (Lipinski definition) is 1. The molecule has 0 spiro atoms. The van der Waals surface area contributed by atoms with Crippen LogP contribution in [0.1, 0.15) is 32.3 Å². The van der Waals surface area contributed by atoms with Gasteiger partial charge in [-0.05, 0) is 50.7 Å². The lowest BCUT2D eigenvalue weighted by Gasteiger charge is -2.37. The monoisotopic (exact) mass is 354 g/mol. The summed E-state index contributed by atoms with van der Waals surface area (Å²) in [6, 6.07) is 4.87. The van der Waals surface area contributed by atoms with E-state index in [-0.39, 0.29) is 47.3 Å². The quantitative estimate of drug-likeness (QED) is 0.512. The van der Waals surface area contributed by atoms with Gasteiger partial charge in [-0.1, -0.05) is 12.2 Å². The average Bonchev–Trinajstić information content (AvgIpc) is 2.88. The van der Waals surface area contributed by atoms with Crippen molar-refractivity contribution < 1.29 is 19.4 Å². The van der Waals surface area contributed by atoms with E-state index in [0.29, 0.717) is 11.3 Å². The van der Waals surface area contributed by atoms with Crippen LogP contribution in [-0.4, -0.2) is 34.2 Å². The van der Waals surface area contributed by atoms with Crippen LogP contribution in [0.3, 0.4) is 0 Å². The van der Waals surface area contributed by atoms with E-state index in [4.69, 9.17) is 4.74 Å². The fourth-order valence-electron chi connectivity index (χ4n) is 4.27. The van der Waals surface area contributed by atoms with Gasteiger partial charge in [-0.15, -0.1) is 0 Å². The van der Waals surface area contributed by atoms with Gasteiger partial charge in [-0.25, -0.2) is 0 Å². The number of imide groups is 1. The Kier molecular flexibility index (Phi) is 4.05. The molecule has 5 rings (SSSR count). The maximum atomic E-state index is 12.7. The first-order chi connectivity index (χ1) is 12.5. The van der Waals surface area contributed by atoms with E-state index in [0.717, 1.165) is 17.9 Å². The summed E-state index contributed by atoms with van der Waals surface area (Å²) in [7, 11) is 0. The maximum absolute atomic E-state index is 12.7. The Balaban J connectivity index is 1.54. The Bertz CT molecular complexity index is 782. The minimum Gasteiger partial charge on any atom is -0.507 e. The summed E-state index contributed by atoms with van der Waals surface area (Å²) in [5.41, 5.74) is 0.428. The molecule has 26 heavy (non-hydrogen) atoms. The average molecular weight is 354 g/mol. The van der Waals surface area contributed by atoms with E-state index in [1.807, 2.05) is 13.8 Å². The van der Waals surface area contributed by atoms with Crippen molar-refractivity contribution in [2.75, 3.05) is 0 Å². The molecule has 2 bridgehead atoms. The summed E-state index contributed by atoms with van der Waals surface area (Å²) in [5.74, 6) is -0.187. The molecule has 0 aromatic heterocycles. The number of amides is 2. The van der Waals surface area contributed by atoms with Crippen molar-refractivity contribution in [1.29, 1.82) is 0 Å². The van der Waals surface area contributed by atoms with Crippen LogP contribution in [0.25, 0.3) is 0 Å². The molecule has 1 saturated carbocycles. The number of rotatable bonds is 4. The van der Waals surface area contributed by atoms with Gasteiger partial charge in [0.2, 0.25) is 0 Å². The highest BCUT2D eigenvalue weighted by Crippen LogP contribution is 2.49. The second-order valence-electron chi connectivity index (χ2n) is 7.46. The van der Waals surface area contributed by atoms with Gasteiger partial charge in [0, 0.05) is 11.6 Å². The molecule has 0 unspecified atom stereocenters. The first-order valence-corrected chi connectivity index (χ1v) is 9.05. The predicted octanol–water partition coefficient (Wildman–Crippen LogP) is 2.71. The summed E-state index contributed by atoms with van der Waals surface area (Å²) in [6.07, 6.45) is 7.42. The van der Waals surface area contributed by atoms with Gasteiger partial charge in [-0.3, -0.25) is 9.59 Å². The fourth-order valence-corrected chi connectivity index (χ4v) is 4.27. The molecule has 1 saturated heterocycles. The fraction of sp³-hybridized carbons (Fsp3) is 0.450. The third-order valence-electron chi connectivity index (χ3n) is 5.42. The molecule has 1 N–H and O–H groups in total. The number of phenols is 1. The van der Waals surface area contributed by atoms with Crippen molar-refractivity contribution in [2.45, 2.75) is 32.8 Å². The van der Waals surface area contributed by atoms with Gasteiger partial charge < -0.3 is 9.84 Å². The Labute approximate surface area is 152 Å². The molecule has 2 fully saturated rings. The van der Waals surface area contributed by atoms with Crippen molar-refractivity contribution in [3.63, 3.8) is 0 Å². The minimum atomic E-state index is -0.279. The molecule has 136 valence electrons. The first kappa shape index (κ1) is 16.8. The third-order valence-corrected chi connectivity index (χ3v) is 5.42. The number of allylic oxidation sites excluding steroid dienone is 2. The van der Waals surface area contributed by atoms with Gasteiger partial charge >= 0.3 is 0 Å². The maximum Gasteiger partial charge on any atom is 0.254 e. The molecule has 1 aromatic carbocycles. The second kappa shape index (κ2) is 6.27. The minimum absolute atomic E-state index is 0.00100. The second-order valence-corrected chi connectivity index (χ2v) is 7.46. The van der Waals surface area contributed by atoms with Crippen molar-refractivity contribution >= 4 is 18.0 Å². The number of carbonyl (C=O) groups is 2. The first-order valence-electron chi connectivity index (χ1n) is 9.05. The summed E-state index contributed by atoms with van der Waals surface area (Å²) in [4.78, 5) is 25.4. The molecular formula is C20H22N2O4. The number of hydrazone groups is 1. The molecule has 2 amide bonds. The molecule has 3 aliphatic carbocycles. The van der Waals surface area contributed by atoms with Gasteiger partial charge in [0.1, 0.15) is 11.5 Å². The highest BCUT2D eigenvalue weighted by Gasteiger charge is 2.56.